The van der Waals surface area contributed by atoms with Gasteiger partial charge in [-0.3, -0.25) is 4.79 Å². The molecule has 0 saturated carbocycles. The number of hydrogen-bond donors (Lipinski definition) is 8. The number of rotatable bonds is 4. The lowest BCUT2D eigenvalue weighted by Gasteiger charge is -2.49. The summed E-state index contributed by atoms with van der Waals surface area (Å²) in [4.78, 5) is 11.3. The standard InChI is InChI=1S/C13H22O13/c1-3(15)25-13(2-14)9(5(17)7(19)11(22)26-13)23-12-8(20)4(16)6(18)10(21)24-12/h4-12,14,16-22H,2H2,1H3/t4-,5-,6-,7+,8+,9-,10-,11+,12+,13-/m0/s1. The summed E-state index contributed by atoms with van der Waals surface area (Å²) in [5, 5.41) is 77.7. The average Bonchev–Trinajstić information content (AvgIpc) is 2.58. The second-order valence-electron chi connectivity index (χ2n) is 5.98. The molecule has 152 valence electrons. The van der Waals surface area contributed by atoms with Crippen molar-refractivity contribution in [3.63, 3.8) is 0 Å². The van der Waals surface area contributed by atoms with E-state index in [0.29, 0.717) is 0 Å². The highest BCUT2D eigenvalue weighted by molar-refractivity contribution is 5.66. The van der Waals surface area contributed by atoms with Crippen LogP contribution in [0.3, 0.4) is 0 Å². The molecule has 0 spiro atoms. The van der Waals surface area contributed by atoms with E-state index in [2.05, 4.69) is 0 Å². The van der Waals surface area contributed by atoms with Crippen molar-refractivity contribution in [1.82, 2.24) is 0 Å². The van der Waals surface area contributed by atoms with Gasteiger partial charge in [-0.2, -0.15) is 0 Å². The van der Waals surface area contributed by atoms with Crippen LogP contribution in [-0.4, -0.2) is 115 Å². The quantitative estimate of drug-likeness (QED) is 0.212. The summed E-state index contributed by atoms with van der Waals surface area (Å²) in [6.07, 6.45) is -17.5. The molecule has 0 radical (unpaired) electrons. The first-order valence-corrected chi connectivity index (χ1v) is 7.59. The first-order chi connectivity index (χ1) is 12.0. The molecule has 0 aromatic heterocycles. The molecule has 2 fully saturated rings. The molecule has 0 aromatic carbocycles. The van der Waals surface area contributed by atoms with Crippen LogP contribution in [0, 0.1) is 0 Å². The fourth-order valence-corrected chi connectivity index (χ4v) is 2.71. The van der Waals surface area contributed by atoms with Gasteiger partial charge in [-0.25, -0.2) is 0 Å². The zero-order valence-electron chi connectivity index (χ0n) is 13.5. The van der Waals surface area contributed by atoms with Crippen molar-refractivity contribution in [3.05, 3.63) is 0 Å². The van der Waals surface area contributed by atoms with Gasteiger partial charge in [0.15, 0.2) is 25.0 Å². The van der Waals surface area contributed by atoms with Gasteiger partial charge in [0.25, 0.3) is 5.79 Å². The Kier molecular flexibility index (Phi) is 6.53. The summed E-state index contributed by atoms with van der Waals surface area (Å²) in [7, 11) is 0. The number of carbonyl (C=O) groups is 1. The summed E-state index contributed by atoms with van der Waals surface area (Å²) < 4.78 is 19.7. The van der Waals surface area contributed by atoms with Gasteiger partial charge in [0.05, 0.1) is 0 Å². The Labute approximate surface area is 146 Å². The Morgan fingerprint density at radius 1 is 0.923 bits per heavy atom. The van der Waals surface area contributed by atoms with E-state index >= 15 is 0 Å². The zero-order chi connectivity index (χ0) is 19.8. The normalized spacial score (nSPS) is 49.7. The number of aliphatic hydroxyl groups excluding tert-OH is 8. The maximum Gasteiger partial charge on any atom is 0.305 e. The van der Waals surface area contributed by atoms with E-state index < -0.39 is 73.9 Å². The Morgan fingerprint density at radius 3 is 2.04 bits per heavy atom. The highest BCUT2D eigenvalue weighted by Crippen LogP contribution is 2.35. The Balaban J connectivity index is 2.30. The van der Waals surface area contributed by atoms with Crippen LogP contribution in [0.1, 0.15) is 6.92 Å². The SMILES string of the molecule is CC(=O)O[C@@]1(CO)O[C@@H](O)[C@H](O)[C@H](O)[C@@H]1O[C@@H]1O[C@H](O)[C@@H](O)[C@H](O)[C@H]1O. The number of aliphatic hydroxyl groups is 8. The molecule has 13 nitrogen and oxygen atoms in total. The predicted molar refractivity (Wildman–Crippen MR) is 74.5 cm³/mol. The summed E-state index contributed by atoms with van der Waals surface area (Å²) >= 11 is 0. The molecule has 2 aliphatic rings. The fraction of sp³-hybridized carbons (Fsp3) is 0.923. The average molecular weight is 386 g/mol. The van der Waals surface area contributed by atoms with Crippen molar-refractivity contribution in [2.24, 2.45) is 0 Å². The molecule has 10 atom stereocenters. The number of esters is 1. The van der Waals surface area contributed by atoms with Gasteiger partial charge in [-0.1, -0.05) is 0 Å². The molecule has 0 aliphatic carbocycles. The van der Waals surface area contributed by atoms with Crippen molar-refractivity contribution in [2.45, 2.75) is 68.2 Å². The van der Waals surface area contributed by atoms with Crippen molar-refractivity contribution in [3.8, 4) is 0 Å². The first-order valence-electron chi connectivity index (χ1n) is 7.59. The fourth-order valence-electron chi connectivity index (χ4n) is 2.71. The maximum absolute atomic E-state index is 11.3. The molecule has 8 N–H and O–H groups in total. The largest absolute Gasteiger partial charge is 0.428 e. The van der Waals surface area contributed by atoms with Crippen molar-refractivity contribution in [2.75, 3.05) is 6.61 Å². The molecule has 0 bridgehead atoms. The van der Waals surface area contributed by atoms with Gasteiger partial charge < -0.3 is 59.8 Å². The zero-order valence-corrected chi connectivity index (χ0v) is 13.5. The third-order valence-electron chi connectivity index (χ3n) is 4.07. The topological polar surface area (TPSA) is 216 Å². The predicted octanol–water partition coefficient (Wildman–Crippen LogP) is -5.55. The lowest BCUT2D eigenvalue weighted by molar-refractivity contribution is -0.427. The summed E-state index contributed by atoms with van der Waals surface area (Å²) in [5.41, 5.74) is 0. The third-order valence-corrected chi connectivity index (χ3v) is 4.07. The molecule has 2 saturated heterocycles. The van der Waals surface area contributed by atoms with Gasteiger partial charge in [0.2, 0.25) is 0 Å². The van der Waals surface area contributed by atoms with Gasteiger partial charge in [0, 0.05) is 6.92 Å². The third kappa shape index (κ3) is 3.83. The Hall–Kier alpha value is -0.970. The number of ether oxygens (including phenoxy) is 4. The van der Waals surface area contributed by atoms with E-state index in [1.54, 1.807) is 0 Å². The second kappa shape index (κ2) is 7.95. The number of carbonyl (C=O) groups excluding carboxylic acids is 1. The van der Waals surface area contributed by atoms with E-state index in [-0.39, 0.29) is 0 Å². The van der Waals surface area contributed by atoms with Gasteiger partial charge in [-0.15, -0.1) is 0 Å². The number of hydrogen-bond acceptors (Lipinski definition) is 13. The van der Waals surface area contributed by atoms with Crippen LogP contribution in [0.25, 0.3) is 0 Å². The lowest BCUT2D eigenvalue weighted by atomic mass is 9.95. The van der Waals surface area contributed by atoms with Crippen LogP contribution in [0.2, 0.25) is 0 Å². The van der Waals surface area contributed by atoms with Crippen LogP contribution < -0.4 is 0 Å². The summed E-state index contributed by atoms with van der Waals surface area (Å²) in [5.74, 6) is -3.51. The Bertz CT molecular complexity index is 502. The smallest absolute Gasteiger partial charge is 0.305 e. The van der Waals surface area contributed by atoms with Crippen LogP contribution in [-0.2, 0) is 23.7 Å². The minimum absolute atomic E-state index is 0.928. The molecule has 0 amide bonds. The van der Waals surface area contributed by atoms with Gasteiger partial charge >= 0.3 is 5.97 Å². The van der Waals surface area contributed by atoms with Crippen LogP contribution >= 0.6 is 0 Å². The molecule has 2 aliphatic heterocycles. The van der Waals surface area contributed by atoms with Crippen LogP contribution in [0.15, 0.2) is 0 Å². The van der Waals surface area contributed by atoms with E-state index in [1.165, 1.54) is 0 Å². The summed E-state index contributed by atoms with van der Waals surface area (Å²) in [6.45, 7) is -0.216. The molecular formula is C13H22O13. The first kappa shape index (κ1) is 21.3. The highest BCUT2D eigenvalue weighted by Gasteiger charge is 2.59. The molecule has 26 heavy (non-hydrogen) atoms. The van der Waals surface area contributed by atoms with Gasteiger partial charge in [0.1, 0.15) is 37.1 Å². The molecule has 0 aromatic rings. The van der Waals surface area contributed by atoms with Crippen LogP contribution in [0.5, 0.6) is 0 Å². The van der Waals surface area contributed by atoms with Crippen LogP contribution in [0.4, 0.5) is 0 Å². The molecule has 2 heterocycles. The molecular weight excluding hydrogens is 364 g/mol. The molecule has 13 heteroatoms. The van der Waals surface area contributed by atoms with Crippen molar-refractivity contribution in [1.29, 1.82) is 0 Å². The van der Waals surface area contributed by atoms with E-state index in [4.69, 9.17) is 18.9 Å². The molecule has 2 rings (SSSR count). The summed E-state index contributed by atoms with van der Waals surface area (Å²) in [6, 6.07) is 0. The van der Waals surface area contributed by atoms with E-state index in [0.717, 1.165) is 6.92 Å². The van der Waals surface area contributed by atoms with E-state index in [1.807, 2.05) is 0 Å². The monoisotopic (exact) mass is 386 g/mol. The second-order valence-corrected chi connectivity index (χ2v) is 5.98. The molecule has 0 unspecified atom stereocenters. The lowest BCUT2D eigenvalue weighted by Crippen LogP contribution is -2.70. The minimum Gasteiger partial charge on any atom is -0.428 e. The van der Waals surface area contributed by atoms with Crippen molar-refractivity contribution >= 4 is 5.97 Å². The minimum atomic E-state index is -2.50. The van der Waals surface area contributed by atoms with Gasteiger partial charge in [-0.05, 0) is 0 Å². The van der Waals surface area contributed by atoms with Crippen molar-refractivity contribution < 1.29 is 64.6 Å². The maximum atomic E-state index is 11.3. The Morgan fingerprint density at radius 2 is 1.50 bits per heavy atom. The highest BCUT2D eigenvalue weighted by atomic mass is 16.8. The van der Waals surface area contributed by atoms with E-state index in [9.17, 15) is 45.6 Å².